The Bertz CT molecular complexity index is 2150. The number of fused-ring (bicyclic) bond motifs is 1. The lowest BCUT2D eigenvalue weighted by Gasteiger charge is -2.24. The Labute approximate surface area is 262 Å². The minimum absolute atomic E-state index is 0.0675. The maximum atomic E-state index is 13.8. The number of benzene rings is 3. The van der Waals surface area contributed by atoms with Gasteiger partial charge < -0.3 is 9.47 Å². The zero-order chi connectivity index (χ0) is 33.3. The summed E-state index contributed by atoms with van der Waals surface area (Å²) >= 11 is 1.06. The van der Waals surface area contributed by atoms with Crippen LogP contribution in [0.2, 0.25) is 0 Å². The van der Waals surface area contributed by atoms with Gasteiger partial charge in [-0.25, -0.2) is 9.79 Å². The zero-order valence-corrected chi connectivity index (χ0v) is 25.2. The number of esters is 1. The van der Waals surface area contributed by atoms with Gasteiger partial charge in [-0.2, -0.15) is 0 Å². The van der Waals surface area contributed by atoms with Gasteiger partial charge in [0.1, 0.15) is 5.75 Å². The predicted molar refractivity (Wildman–Crippen MR) is 164 cm³/mol. The van der Waals surface area contributed by atoms with Gasteiger partial charge in [0.25, 0.3) is 16.9 Å². The van der Waals surface area contributed by atoms with Gasteiger partial charge in [0.05, 0.1) is 49.3 Å². The molecule has 0 saturated heterocycles. The molecule has 0 amide bonds. The van der Waals surface area contributed by atoms with E-state index >= 15 is 0 Å². The first-order valence-electron chi connectivity index (χ1n) is 13.5. The van der Waals surface area contributed by atoms with Crippen molar-refractivity contribution < 1.29 is 29.0 Å². The lowest BCUT2D eigenvalue weighted by Crippen LogP contribution is -2.40. The van der Waals surface area contributed by atoms with Crippen LogP contribution in [0.4, 0.5) is 17.1 Å². The van der Waals surface area contributed by atoms with Crippen LogP contribution in [0.15, 0.2) is 81.7 Å². The van der Waals surface area contributed by atoms with Crippen LogP contribution >= 0.6 is 11.3 Å². The number of hydrogen-bond acceptors (Lipinski definition) is 12. The van der Waals surface area contributed by atoms with E-state index in [2.05, 4.69) is 4.99 Å². The highest BCUT2D eigenvalue weighted by molar-refractivity contribution is 7.07. The van der Waals surface area contributed by atoms with Crippen molar-refractivity contribution in [3.8, 4) is 11.5 Å². The van der Waals surface area contributed by atoms with Gasteiger partial charge in [-0.1, -0.05) is 35.6 Å². The van der Waals surface area contributed by atoms with Crippen LogP contribution in [0.1, 0.15) is 36.6 Å². The Morgan fingerprint density at radius 2 is 1.65 bits per heavy atom. The summed E-state index contributed by atoms with van der Waals surface area (Å²) in [4.78, 5) is 63.8. The number of aromatic nitrogens is 1. The quantitative estimate of drug-likeness (QED) is 0.140. The second-order valence-electron chi connectivity index (χ2n) is 9.94. The van der Waals surface area contributed by atoms with Crippen molar-refractivity contribution >= 4 is 40.4 Å². The molecule has 5 rings (SSSR count). The number of thiazole rings is 1. The third-order valence-corrected chi connectivity index (χ3v) is 8.00. The molecule has 0 radical (unpaired) electrons. The number of rotatable bonds is 9. The second-order valence-corrected chi connectivity index (χ2v) is 11.0. The minimum atomic E-state index is -1.04. The molecule has 0 spiro atoms. The zero-order valence-electron chi connectivity index (χ0n) is 24.4. The molecule has 0 aliphatic carbocycles. The van der Waals surface area contributed by atoms with E-state index < -0.39 is 43.7 Å². The number of non-ortho nitro benzene ring substituents is 1. The highest BCUT2D eigenvalue weighted by Gasteiger charge is 2.34. The molecule has 0 saturated carbocycles. The monoisotopic (exact) mass is 645 g/mol. The highest BCUT2D eigenvalue weighted by Crippen LogP contribution is 2.35. The van der Waals surface area contributed by atoms with Crippen LogP contribution in [-0.2, 0) is 9.53 Å². The summed E-state index contributed by atoms with van der Waals surface area (Å²) in [6, 6.07) is 12.7. The predicted octanol–water partition coefficient (Wildman–Crippen LogP) is 4.62. The Morgan fingerprint density at radius 3 is 2.28 bits per heavy atom. The van der Waals surface area contributed by atoms with E-state index in [4.69, 9.17) is 9.47 Å². The normalized spacial score (nSPS) is 14.3. The Balaban J connectivity index is 1.55. The summed E-state index contributed by atoms with van der Waals surface area (Å²) in [5.41, 5.74) is 0.00152. The van der Waals surface area contributed by atoms with Crippen molar-refractivity contribution in [1.82, 2.24) is 4.57 Å². The summed E-state index contributed by atoms with van der Waals surface area (Å²) < 4.78 is 12.4. The van der Waals surface area contributed by atoms with E-state index in [1.165, 1.54) is 22.8 Å². The number of carbonyl (C=O) groups is 1. The van der Waals surface area contributed by atoms with Crippen LogP contribution < -0.4 is 19.6 Å². The highest BCUT2D eigenvalue weighted by atomic mass is 32.1. The van der Waals surface area contributed by atoms with Gasteiger partial charge >= 0.3 is 11.7 Å². The molecule has 15 nitrogen and oxygen atoms in total. The van der Waals surface area contributed by atoms with Gasteiger partial charge in [-0.3, -0.25) is 39.7 Å². The number of nitro benzene ring substituents is 3. The summed E-state index contributed by atoms with van der Waals surface area (Å²) in [6.45, 7) is 4.90. The Morgan fingerprint density at radius 1 is 0.957 bits per heavy atom. The van der Waals surface area contributed by atoms with Gasteiger partial charge in [0, 0.05) is 17.7 Å². The molecular weight excluding hydrogens is 622 g/mol. The van der Waals surface area contributed by atoms with Crippen LogP contribution in [0, 0.1) is 37.3 Å². The number of nitro groups is 3. The van der Waals surface area contributed by atoms with E-state index in [1.807, 2.05) is 0 Å². The molecule has 4 aromatic rings. The van der Waals surface area contributed by atoms with Gasteiger partial charge in [0.15, 0.2) is 4.80 Å². The fraction of sp³-hybridized carbons (Fsp3) is 0.167. The third-order valence-electron chi connectivity index (χ3n) is 7.02. The van der Waals surface area contributed by atoms with E-state index in [9.17, 15) is 39.9 Å². The molecule has 0 bridgehead atoms. The van der Waals surface area contributed by atoms with Gasteiger partial charge in [0.2, 0.25) is 5.75 Å². The maximum Gasteiger partial charge on any atom is 0.338 e. The summed E-state index contributed by atoms with van der Waals surface area (Å²) in [5, 5.41) is 34.2. The molecule has 1 aliphatic rings. The number of ether oxygens (including phenoxy) is 2. The molecule has 16 heteroatoms. The molecule has 1 atom stereocenters. The fourth-order valence-corrected chi connectivity index (χ4v) is 5.91. The Kier molecular flexibility index (Phi) is 8.55. The van der Waals surface area contributed by atoms with Crippen molar-refractivity contribution in [2.45, 2.75) is 26.8 Å². The number of aryl methyl sites for hydroxylation is 1. The first kappa shape index (κ1) is 31.4. The molecule has 0 fully saturated rings. The molecule has 0 N–H and O–H groups in total. The van der Waals surface area contributed by atoms with E-state index in [-0.39, 0.29) is 38.7 Å². The van der Waals surface area contributed by atoms with Crippen LogP contribution in [-0.4, -0.2) is 31.9 Å². The Hall–Kier alpha value is -6.03. The average molecular weight is 646 g/mol. The maximum absolute atomic E-state index is 13.8. The van der Waals surface area contributed by atoms with E-state index in [0.29, 0.717) is 22.4 Å². The SMILES string of the molecule is CCOC(=O)C1=C(C)N=c2s/c(=C/c3ccc(Oc4ccc([N+](=O)[O-])cc4[N+](=O)[O-])cc3)c(=O)n2[C@H]1c1ccc(C)c([N+](=O)[O-])c1. The van der Waals surface area contributed by atoms with Crippen LogP contribution in [0.5, 0.6) is 11.5 Å². The van der Waals surface area contributed by atoms with E-state index in [0.717, 1.165) is 29.5 Å². The minimum Gasteiger partial charge on any atom is -0.463 e. The molecule has 1 aromatic heterocycles. The molecule has 3 aromatic carbocycles. The lowest BCUT2D eigenvalue weighted by molar-refractivity contribution is -0.394. The van der Waals surface area contributed by atoms with Crippen molar-refractivity contribution in [3.63, 3.8) is 0 Å². The molecular formula is C30H23N5O10S. The number of nitrogens with zero attached hydrogens (tertiary/aromatic N) is 5. The van der Waals surface area contributed by atoms with Crippen molar-refractivity contribution in [1.29, 1.82) is 0 Å². The fourth-order valence-electron chi connectivity index (χ4n) is 4.86. The van der Waals surface area contributed by atoms with Crippen LogP contribution in [0.25, 0.3) is 6.08 Å². The topological polar surface area (TPSA) is 199 Å². The molecule has 1 aliphatic heterocycles. The summed E-state index contributed by atoms with van der Waals surface area (Å²) in [7, 11) is 0. The molecule has 2 heterocycles. The first-order valence-corrected chi connectivity index (χ1v) is 14.4. The molecule has 0 unspecified atom stereocenters. The number of allylic oxidation sites excluding steroid dienone is 1. The van der Waals surface area contributed by atoms with Gasteiger partial charge in [-0.05, 0) is 56.2 Å². The van der Waals surface area contributed by atoms with Crippen molar-refractivity contribution in [2.75, 3.05) is 6.61 Å². The molecule has 46 heavy (non-hydrogen) atoms. The molecule has 234 valence electrons. The third kappa shape index (κ3) is 6.00. The first-order chi connectivity index (χ1) is 21.9. The van der Waals surface area contributed by atoms with Crippen LogP contribution in [0.3, 0.4) is 0 Å². The standard InChI is InChI=1S/C30H23N5O10S/c1-4-44-29(37)26-17(3)31-30-32(27(26)19-8-5-16(2)22(14-19)34(40)41)28(36)25(46-30)13-18-6-10-21(11-7-18)45-24-12-9-20(33(38)39)15-23(24)35(42)43/h5-15,27H,4H2,1-3H3/b25-13+/t27-/m0/s1. The second kappa shape index (κ2) is 12.5. The summed E-state index contributed by atoms with van der Waals surface area (Å²) in [5.74, 6) is -0.692. The number of carbonyl (C=O) groups excluding carboxylic acids is 1. The van der Waals surface area contributed by atoms with E-state index in [1.54, 1.807) is 51.1 Å². The van der Waals surface area contributed by atoms with Crippen molar-refractivity contribution in [2.24, 2.45) is 4.99 Å². The van der Waals surface area contributed by atoms with Crippen molar-refractivity contribution in [3.05, 3.63) is 139 Å². The smallest absolute Gasteiger partial charge is 0.338 e. The summed E-state index contributed by atoms with van der Waals surface area (Å²) in [6.07, 6.45) is 1.58. The average Bonchev–Trinajstić information content (AvgIpc) is 3.31. The van der Waals surface area contributed by atoms with Gasteiger partial charge in [-0.15, -0.1) is 0 Å². The largest absolute Gasteiger partial charge is 0.463 e. The lowest BCUT2D eigenvalue weighted by atomic mass is 9.94. The number of hydrogen-bond donors (Lipinski definition) is 0.